The summed E-state index contributed by atoms with van der Waals surface area (Å²) in [5.74, 6) is 5.02. The predicted molar refractivity (Wildman–Crippen MR) is 119 cm³/mol. The number of aliphatic hydroxyl groups is 1. The van der Waals surface area contributed by atoms with Crippen LogP contribution in [0.25, 0.3) is 0 Å². The summed E-state index contributed by atoms with van der Waals surface area (Å²) in [6.07, 6.45) is 12.9. The van der Waals surface area contributed by atoms with Gasteiger partial charge < -0.3 is 5.11 Å². The van der Waals surface area contributed by atoms with Gasteiger partial charge >= 0.3 is 0 Å². The van der Waals surface area contributed by atoms with Crippen molar-refractivity contribution < 1.29 is 9.90 Å². The molecule has 2 nitrogen and oxygen atoms in total. The van der Waals surface area contributed by atoms with E-state index in [9.17, 15) is 9.90 Å². The Hall–Kier alpha value is -1.05. The number of ketones is 1. The third-order valence-electron chi connectivity index (χ3n) is 10.2. The van der Waals surface area contributed by atoms with E-state index in [1.807, 2.05) is 0 Å². The highest BCUT2D eigenvalue weighted by Crippen LogP contribution is 2.68. The van der Waals surface area contributed by atoms with E-state index < -0.39 is 0 Å². The van der Waals surface area contributed by atoms with E-state index in [4.69, 9.17) is 0 Å². The van der Waals surface area contributed by atoms with Crippen LogP contribution < -0.4 is 0 Å². The molecule has 4 aliphatic rings. The smallest absolute Gasteiger partial charge is 0.197 e. The normalized spacial score (nSPS) is 44.2. The first-order chi connectivity index (χ1) is 13.6. The van der Waals surface area contributed by atoms with E-state index in [0.29, 0.717) is 35.5 Å². The molecule has 0 amide bonds. The lowest BCUT2D eigenvalue weighted by molar-refractivity contribution is -0.119. The van der Waals surface area contributed by atoms with Crippen LogP contribution in [-0.2, 0) is 4.79 Å². The topological polar surface area (TPSA) is 37.3 Å². The molecule has 0 aromatic carbocycles. The Morgan fingerprint density at radius 1 is 1.00 bits per heavy atom. The van der Waals surface area contributed by atoms with Crippen molar-refractivity contribution in [2.24, 2.45) is 52.3 Å². The molecule has 0 saturated heterocycles. The summed E-state index contributed by atoms with van der Waals surface area (Å²) in [6, 6.07) is 0. The number of carbonyl (C=O) groups excluding carboxylic acids is 1. The first-order valence-electron chi connectivity index (χ1n) is 12.2. The predicted octanol–water partition coefficient (Wildman–Crippen LogP) is 7.11. The van der Waals surface area contributed by atoms with Gasteiger partial charge in [-0.3, -0.25) is 4.79 Å². The number of hydrogen-bond acceptors (Lipinski definition) is 2. The Bertz CT molecular complexity index is 731. The molecule has 0 heterocycles. The molecule has 8 atom stereocenters. The molecule has 8 unspecified atom stereocenters. The molecule has 2 heteroatoms. The zero-order valence-corrected chi connectivity index (χ0v) is 19.5. The van der Waals surface area contributed by atoms with Gasteiger partial charge in [0.15, 0.2) is 11.5 Å². The Morgan fingerprint density at radius 2 is 1.72 bits per heavy atom. The number of hydrogen-bond donors (Lipinski definition) is 1. The van der Waals surface area contributed by atoms with E-state index in [1.54, 1.807) is 0 Å². The Labute approximate surface area is 178 Å². The highest BCUT2D eigenvalue weighted by Gasteiger charge is 2.61. The summed E-state index contributed by atoms with van der Waals surface area (Å²) in [5, 5.41) is 10.4. The maximum absolute atomic E-state index is 12.3. The van der Waals surface area contributed by atoms with Gasteiger partial charge in [0.25, 0.3) is 0 Å². The zero-order valence-electron chi connectivity index (χ0n) is 19.5. The lowest BCUT2D eigenvalue weighted by Crippen LogP contribution is -2.49. The van der Waals surface area contributed by atoms with Crippen molar-refractivity contribution in [3.8, 4) is 0 Å². The molecule has 3 saturated carbocycles. The van der Waals surface area contributed by atoms with Gasteiger partial charge in [0.05, 0.1) is 0 Å². The van der Waals surface area contributed by atoms with Gasteiger partial charge in [0, 0.05) is 11.8 Å². The van der Waals surface area contributed by atoms with Crippen molar-refractivity contribution >= 4 is 5.78 Å². The van der Waals surface area contributed by atoms with Crippen molar-refractivity contribution in [2.75, 3.05) is 0 Å². The Balaban J connectivity index is 1.54. The van der Waals surface area contributed by atoms with Crippen LogP contribution >= 0.6 is 0 Å². The van der Waals surface area contributed by atoms with Crippen LogP contribution in [0.5, 0.6) is 0 Å². The monoisotopic (exact) mass is 398 g/mol. The summed E-state index contributed by atoms with van der Waals surface area (Å²) in [7, 11) is 0. The van der Waals surface area contributed by atoms with Gasteiger partial charge in [0.1, 0.15) is 0 Å². The Morgan fingerprint density at radius 3 is 2.41 bits per heavy atom. The van der Waals surface area contributed by atoms with Gasteiger partial charge in [-0.1, -0.05) is 53.7 Å². The molecule has 162 valence electrons. The maximum Gasteiger partial charge on any atom is 0.197 e. The lowest BCUT2D eigenvalue weighted by Gasteiger charge is -2.56. The molecule has 1 N–H and O–H groups in total. The summed E-state index contributed by atoms with van der Waals surface area (Å²) in [5.41, 5.74) is 1.47. The van der Waals surface area contributed by atoms with Crippen LogP contribution in [-0.4, -0.2) is 10.9 Å². The molecule has 0 bridgehead atoms. The number of aliphatic hydroxyl groups excluding tert-OH is 1. The van der Waals surface area contributed by atoms with Crippen LogP contribution in [0, 0.1) is 52.3 Å². The molecule has 0 aromatic heterocycles. The van der Waals surface area contributed by atoms with E-state index >= 15 is 0 Å². The second-order valence-electron chi connectivity index (χ2n) is 11.8. The Kier molecular flexibility index (Phi) is 5.32. The third kappa shape index (κ3) is 3.15. The molecule has 3 fully saturated rings. The molecule has 0 aliphatic heterocycles. The summed E-state index contributed by atoms with van der Waals surface area (Å²) in [4.78, 5) is 12.3. The van der Waals surface area contributed by atoms with Crippen LogP contribution in [0.3, 0.4) is 0 Å². The number of allylic oxidation sites excluding steroid dienone is 4. The van der Waals surface area contributed by atoms with Crippen molar-refractivity contribution in [1.82, 2.24) is 0 Å². The maximum atomic E-state index is 12.3. The van der Waals surface area contributed by atoms with Gasteiger partial charge in [-0.05, 0) is 90.9 Å². The minimum atomic E-state index is -0.0677. The first kappa shape index (κ1) is 21.2. The zero-order chi connectivity index (χ0) is 21.1. The van der Waals surface area contributed by atoms with Crippen LogP contribution in [0.4, 0.5) is 0 Å². The van der Waals surface area contributed by atoms with Gasteiger partial charge in [0.2, 0.25) is 0 Å². The van der Waals surface area contributed by atoms with Gasteiger partial charge in [-0.2, -0.15) is 0 Å². The van der Waals surface area contributed by atoms with Crippen LogP contribution in [0.15, 0.2) is 23.5 Å². The lowest BCUT2D eigenvalue weighted by atomic mass is 9.48. The summed E-state index contributed by atoms with van der Waals surface area (Å²) in [6.45, 7) is 14.3. The number of Topliss-reactive ketones (excluding diaryl/α,β-unsaturated/α-hetero) is 1. The van der Waals surface area contributed by atoms with Crippen molar-refractivity contribution in [1.29, 1.82) is 0 Å². The summed E-state index contributed by atoms with van der Waals surface area (Å²) >= 11 is 0. The molecule has 0 spiro atoms. The highest BCUT2D eigenvalue weighted by atomic mass is 16.3. The van der Waals surface area contributed by atoms with E-state index in [2.05, 4.69) is 53.7 Å². The van der Waals surface area contributed by atoms with Crippen molar-refractivity contribution in [3.05, 3.63) is 23.5 Å². The average molecular weight is 399 g/mol. The second kappa shape index (κ2) is 7.27. The minimum absolute atomic E-state index is 0.00110. The largest absolute Gasteiger partial charge is 0.504 e. The fraction of sp³-hybridized carbons (Fsp3) is 0.815. The van der Waals surface area contributed by atoms with Gasteiger partial charge in [-0.25, -0.2) is 0 Å². The molecule has 4 rings (SSSR count). The van der Waals surface area contributed by atoms with E-state index in [-0.39, 0.29) is 17.0 Å². The molecule has 0 aromatic rings. The fourth-order valence-electron chi connectivity index (χ4n) is 8.12. The first-order valence-corrected chi connectivity index (χ1v) is 12.2. The van der Waals surface area contributed by atoms with Crippen molar-refractivity contribution in [2.45, 2.75) is 86.5 Å². The minimum Gasteiger partial charge on any atom is -0.504 e. The standard InChI is InChI=1S/C27H42O2/c1-16(2)17(3)7-8-18(4)20-11-12-21-19-9-10-23-25(29)24(28)15-27(23,6)22(19)13-14-26(20,21)5/h7-8,16-22,29H,9-15H2,1-6H3. The number of fused-ring (bicyclic) bond motifs is 5. The van der Waals surface area contributed by atoms with E-state index in [0.717, 1.165) is 29.7 Å². The molecule has 29 heavy (non-hydrogen) atoms. The van der Waals surface area contributed by atoms with Gasteiger partial charge in [-0.15, -0.1) is 0 Å². The third-order valence-corrected chi connectivity index (χ3v) is 10.2. The average Bonchev–Trinajstić information content (AvgIpc) is 3.13. The molecule has 4 aliphatic carbocycles. The fourth-order valence-corrected chi connectivity index (χ4v) is 8.12. The SMILES string of the molecule is CC(C)C(C)C=CC(C)C1CCC2C3CCC4=C(O)C(=O)CC4(C)C3CCC12C. The van der Waals surface area contributed by atoms with Crippen molar-refractivity contribution in [3.63, 3.8) is 0 Å². The second-order valence-corrected chi connectivity index (χ2v) is 11.8. The molecular formula is C27H42O2. The van der Waals surface area contributed by atoms with Crippen LogP contribution in [0.2, 0.25) is 0 Å². The number of carbonyl (C=O) groups is 1. The van der Waals surface area contributed by atoms with E-state index in [1.165, 1.54) is 32.1 Å². The summed E-state index contributed by atoms with van der Waals surface area (Å²) < 4.78 is 0. The quantitative estimate of drug-likeness (QED) is 0.512. The highest BCUT2D eigenvalue weighted by molar-refractivity contribution is 5.97. The number of rotatable bonds is 4. The van der Waals surface area contributed by atoms with Crippen LogP contribution in [0.1, 0.15) is 86.5 Å². The molecular weight excluding hydrogens is 356 g/mol. The molecule has 0 radical (unpaired) electrons.